The number of hydrogen-bond donors (Lipinski definition) is 3. The molecule has 0 radical (unpaired) electrons. The van der Waals surface area contributed by atoms with Gasteiger partial charge in [-0.05, 0) is 42.5 Å². The smallest absolute Gasteiger partial charge is 0.261 e. The van der Waals surface area contributed by atoms with Crippen LogP contribution in [0.5, 0.6) is 11.5 Å². The van der Waals surface area contributed by atoms with Crippen LogP contribution in [0, 0.1) is 5.92 Å². The Hall–Kier alpha value is -2.84. The van der Waals surface area contributed by atoms with E-state index >= 15 is 0 Å². The number of hydrogen-bond acceptors (Lipinski definition) is 5. The molecule has 2 aromatic carbocycles. The first kappa shape index (κ1) is 22.4. The summed E-state index contributed by atoms with van der Waals surface area (Å²) in [6.07, 6.45) is 0. The van der Waals surface area contributed by atoms with E-state index in [-0.39, 0.29) is 22.5 Å². The minimum Gasteiger partial charge on any atom is -0.496 e. The summed E-state index contributed by atoms with van der Waals surface area (Å²) in [7, 11) is 2.96. The Morgan fingerprint density at radius 3 is 2.31 bits per heavy atom. The van der Waals surface area contributed by atoms with E-state index in [0.717, 1.165) is 0 Å². The minimum absolute atomic E-state index is 0.0815. The normalized spacial score (nSPS) is 10.3. The molecule has 2 amide bonds. The van der Waals surface area contributed by atoms with Gasteiger partial charge in [0.2, 0.25) is 5.91 Å². The number of anilines is 2. The second kappa shape index (κ2) is 10.1. The monoisotopic (exact) mass is 435 g/mol. The molecule has 0 atom stereocenters. The molecule has 0 aromatic heterocycles. The summed E-state index contributed by atoms with van der Waals surface area (Å²) >= 11 is 11.2. The Labute approximate surface area is 179 Å². The van der Waals surface area contributed by atoms with Gasteiger partial charge in [0.1, 0.15) is 11.5 Å². The molecule has 29 heavy (non-hydrogen) atoms. The molecule has 0 aliphatic carbocycles. The lowest BCUT2D eigenvalue weighted by Gasteiger charge is -2.15. The van der Waals surface area contributed by atoms with Gasteiger partial charge in [-0.2, -0.15) is 0 Å². The number of nitrogens with one attached hydrogen (secondary N) is 3. The Kier molecular flexibility index (Phi) is 7.81. The van der Waals surface area contributed by atoms with Crippen LogP contribution in [0.1, 0.15) is 24.2 Å². The second-order valence-corrected chi connectivity index (χ2v) is 7.16. The van der Waals surface area contributed by atoms with Gasteiger partial charge in [-0.3, -0.25) is 14.9 Å². The number of halogens is 1. The van der Waals surface area contributed by atoms with E-state index in [4.69, 9.17) is 33.3 Å². The fraction of sp³-hybridized carbons (Fsp3) is 0.250. The van der Waals surface area contributed by atoms with Crippen LogP contribution in [0.4, 0.5) is 11.4 Å². The predicted molar refractivity (Wildman–Crippen MR) is 118 cm³/mol. The average Bonchev–Trinajstić information content (AvgIpc) is 2.68. The number of carbonyl (C=O) groups is 2. The summed E-state index contributed by atoms with van der Waals surface area (Å²) in [5.74, 6) is 0.0805. The van der Waals surface area contributed by atoms with E-state index < -0.39 is 5.91 Å². The molecule has 0 fully saturated rings. The highest BCUT2D eigenvalue weighted by Crippen LogP contribution is 2.28. The summed E-state index contributed by atoms with van der Waals surface area (Å²) in [6, 6.07) is 9.77. The lowest BCUT2D eigenvalue weighted by Crippen LogP contribution is -2.34. The Bertz CT molecular complexity index is 934. The summed E-state index contributed by atoms with van der Waals surface area (Å²) in [6.45, 7) is 3.60. The van der Waals surface area contributed by atoms with E-state index in [9.17, 15) is 9.59 Å². The van der Waals surface area contributed by atoms with Gasteiger partial charge in [0.05, 0.1) is 25.5 Å². The molecule has 7 nitrogen and oxygen atoms in total. The van der Waals surface area contributed by atoms with Crippen molar-refractivity contribution in [2.75, 3.05) is 24.9 Å². The second-order valence-electron chi connectivity index (χ2n) is 6.31. The molecule has 154 valence electrons. The third-order valence-corrected chi connectivity index (χ3v) is 4.31. The first-order valence-electron chi connectivity index (χ1n) is 8.70. The SMILES string of the molecule is COc1cc(NC(=S)NC(=O)c2cc(Cl)ccc2OC)ccc1NC(=O)C(C)C. The van der Waals surface area contributed by atoms with Crippen molar-refractivity contribution in [1.82, 2.24) is 5.32 Å². The third kappa shape index (κ3) is 6.07. The summed E-state index contributed by atoms with van der Waals surface area (Å²) < 4.78 is 10.5. The van der Waals surface area contributed by atoms with Crippen molar-refractivity contribution in [3.8, 4) is 11.5 Å². The molecule has 0 heterocycles. The van der Waals surface area contributed by atoms with Crippen LogP contribution in [0.3, 0.4) is 0 Å². The number of thiocarbonyl (C=S) groups is 1. The molecule has 0 bridgehead atoms. The zero-order valence-corrected chi connectivity index (χ0v) is 18.0. The van der Waals surface area contributed by atoms with Crippen molar-refractivity contribution >= 4 is 52.1 Å². The zero-order valence-electron chi connectivity index (χ0n) is 16.5. The maximum atomic E-state index is 12.5. The van der Waals surface area contributed by atoms with Crippen LogP contribution in [-0.4, -0.2) is 31.1 Å². The van der Waals surface area contributed by atoms with Gasteiger partial charge in [-0.25, -0.2) is 0 Å². The highest BCUT2D eigenvalue weighted by molar-refractivity contribution is 7.80. The van der Waals surface area contributed by atoms with E-state index in [2.05, 4.69) is 16.0 Å². The van der Waals surface area contributed by atoms with Crippen LogP contribution in [-0.2, 0) is 4.79 Å². The van der Waals surface area contributed by atoms with Crippen molar-refractivity contribution < 1.29 is 19.1 Å². The van der Waals surface area contributed by atoms with Crippen molar-refractivity contribution in [1.29, 1.82) is 0 Å². The van der Waals surface area contributed by atoms with Crippen molar-refractivity contribution in [2.24, 2.45) is 5.92 Å². The van der Waals surface area contributed by atoms with E-state index in [0.29, 0.717) is 27.9 Å². The van der Waals surface area contributed by atoms with Gasteiger partial charge < -0.3 is 20.1 Å². The lowest BCUT2D eigenvalue weighted by molar-refractivity contribution is -0.118. The molecule has 2 rings (SSSR count). The Balaban J connectivity index is 2.10. The number of methoxy groups -OCH3 is 2. The van der Waals surface area contributed by atoms with Gasteiger partial charge in [-0.15, -0.1) is 0 Å². The van der Waals surface area contributed by atoms with Gasteiger partial charge in [-0.1, -0.05) is 25.4 Å². The highest BCUT2D eigenvalue weighted by atomic mass is 35.5. The molecular weight excluding hydrogens is 414 g/mol. The van der Waals surface area contributed by atoms with Crippen LogP contribution in [0.2, 0.25) is 5.02 Å². The minimum atomic E-state index is -0.463. The van der Waals surface area contributed by atoms with Gasteiger partial charge >= 0.3 is 0 Å². The van der Waals surface area contributed by atoms with E-state index in [1.165, 1.54) is 20.3 Å². The average molecular weight is 436 g/mol. The van der Waals surface area contributed by atoms with Gasteiger partial charge in [0.25, 0.3) is 5.91 Å². The summed E-state index contributed by atoms with van der Waals surface area (Å²) in [5.41, 5.74) is 1.37. The molecule has 0 unspecified atom stereocenters. The number of ether oxygens (including phenoxy) is 2. The summed E-state index contributed by atoms with van der Waals surface area (Å²) in [4.78, 5) is 24.4. The molecule has 0 aliphatic rings. The predicted octanol–water partition coefficient (Wildman–Crippen LogP) is 4.08. The molecule has 0 saturated carbocycles. The highest BCUT2D eigenvalue weighted by Gasteiger charge is 2.15. The lowest BCUT2D eigenvalue weighted by atomic mass is 10.2. The molecule has 0 spiro atoms. The number of benzene rings is 2. The fourth-order valence-corrected chi connectivity index (χ4v) is 2.72. The Morgan fingerprint density at radius 1 is 1.00 bits per heavy atom. The maximum absolute atomic E-state index is 12.5. The van der Waals surface area contributed by atoms with Crippen LogP contribution < -0.4 is 25.4 Å². The first-order valence-corrected chi connectivity index (χ1v) is 9.48. The van der Waals surface area contributed by atoms with Crippen LogP contribution >= 0.6 is 23.8 Å². The van der Waals surface area contributed by atoms with Crippen molar-refractivity contribution in [3.05, 3.63) is 47.0 Å². The largest absolute Gasteiger partial charge is 0.496 e. The molecular formula is C20H22ClN3O4S. The molecule has 2 aromatic rings. The number of rotatable bonds is 6. The van der Waals surface area contributed by atoms with Crippen LogP contribution in [0.25, 0.3) is 0 Å². The quantitative estimate of drug-likeness (QED) is 0.592. The Morgan fingerprint density at radius 2 is 1.69 bits per heavy atom. The molecule has 3 N–H and O–H groups in total. The zero-order chi connectivity index (χ0) is 21.6. The van der Waals surface area contributed by atoms with Crippen molar-refractivity contribution in [2.45, 2.75) is 13.8 Å². The maximum Gasteiger partial charge on any atom is 0.261 e. The van der Waals surface area contributed by atoms with E-state index in [1.807, 2.05) is 0 Å². The third-order valence-electron chi connectivity index (χ3n) is 3.87. The fourth-order valence-electron chi connectivity index (χ4n) is 2.34. The number of carbonyl (C=O) groups excluding carboxylic acids is 2. The number of amides is 2. The first-order chi connectivity index (χ1) is 13.7. The molecule has 0 aliphatic heterocycles. The standard InChI is InChI=1S/C20H22ClN3O4S/c1-11(2)18(25)23-15-7-6-13(10-17(15)28-4)22-20(29)24-19(26)14-9-12(21)5-8-16(14)27-3/h5-11H,1-4H3,(H,23,25)(H2,22,24,26,29). The van der Waals surface area contributed by atoms with Gasteiger partial charge in [0.15, 0.2) is 5.11 Å². The van der Waals surface area contributed by atoms with Crippen LogP contribution in [0.15, 0.2) is 36.4 Å². The van der Waals surface area contributed by atoms with Gasteiger partial charge in [0, 0.05) is 22.7 Å². The summed E-state index contributed by atoms with van der Waals surface area (Å²) in [5, 5.41) is 8.76. The molecule has 0 saturated heterocycles. The van der Waals surface area contributed by atoms with Crippen molar-refractivity contribution in [3.63, 3.8) is 0 Å². The topological polar surface area (TPSA) is 88.7 Å². The van der Waals surface area contributed by atoms with E-state index in [1.54, 1.807) is 44.2 Å². The molecule has 9 heteroatoms.